The summed E-state index contributed by atoms with van der Waals surface area (Å²) >= 11 is 0. The third-order valence-electron chi connectivity index (χ3n) is 9.38. The Labute approximate surface area is 224 Å². The van der Waals surface area contributed by atoms with Crippen LogP contribution in [0.3, 0.4) is 0 Å². The predicted molar refractivity (Wildman–Crippen MR) is 150 cm³/mol. The molecule has 1 aliphatic carbocycles. The molecule has 1 amide bonds. The standard InChI is InChI=1S/C33H37FN2O2/c1-21(2)22(3)18-26(37)20-33(34)28-12-4-5-13-29(28)36(32(33)38)25-14-16-35(17-15-25)30-19-24-10-6-8-23-9-7-11-27(30)31(23)24/h4-13,21-22,25,30H,14-20H2,1-3H3. The number of hydrogen-bond acceptors (Lipinski definition) is 3. The van der Waals surface area contributed by atoms with Gasteiger partial charge in [0.15, 0.2) is 0 Å². The number of ketones is 1. The monoisotopic (exact) mass is 512 g/mol. The molecule has 1 saturated heterocycles. The molecule has 0 N–H and O–H groups in total. The zero-order valence-corrected chi connectivity index (χ0v) is 22.6. The maximum atomic E-state index is 16.6. The van der Waals surface area contributed by atoms with Gasteiger partial charge in [-0.15, -0.1) is 0 Å². The van der Waals surface area contributed by atoms with Crippen molar-refractivity contribution in [1.82, 2.24) is 4.90 Å². The Morgan fingerprint density at radius 3 is 2.45 bits per heavy atom. The second-order valence-corrected chi connectivity index (χ2v) is 12.0. The van der Waals surface area contributed by atoms with E-state index in [1.165, 1.54) is 21.9 Å². The highest BCUT2D eigenvalue weighted by Gasteiger charge is 2.54. The van der Waals surface area contributed by atoms with Gasteiger partial charge in [-0.1, -0.05) is 75.4 Å². The Morgan fingerprint density at radius 1 is 1.00 bits per heavy atom. The highest BCUT2D eigenvalue weighted by molar-refractivity contribution is 6.09. The van der Waals surface area contributed by atoms with Crippen LogP contribution in [0.25, 0.3) is 10.8 Å². The van der Waals surface area contributed by atoms with Crippen molar-refractivity contribution in [3.63, 3.8) is 0 Å². The van der Waals surface area contributed by atoms with Gasteiger partial charge in [0.05, 0.1) is 12.1 Å². The van der Waals surface area contributed by atoms with Crippen LogP contribution < -0.4 is 4.90 Å². The second-order valence-electron chi connectivity index (χ2n) is 12.0. The van der Waals surface area contributed by atoms with Crippen LogP contribution in [0, 0.1) is 11.8 Å². The molecule has 2 aliphatic heterocycles. The maximum Gasteiger partial charge on any atom is 0.270 e. The third kappa shape index (κ3) is 4.07. The molecule has 4 nitrogen and oxygen atoms in total. The van der Waals surface area contributed by atoms with E-state index in [0.717, 1.165) is 32.4 Å². The molecule has 1 fully saturated rings. The molecule has 0 bridgehead atoms. The number of carbonyl (C=O) groups is 2. The number of benzene rings is 3. The van der Waals surface area contributed by atoms with Crippen molar-refractivity contribution < 1.29 is 14.0 Å². The normalized spacial score (nSPS) is 24.4. The summed E-state index contributed by atoms with van der Waals surface area (Å²) in [4.78, 5) is 30.9. The van der Waals surface area contributed by atoms with Crippen molar-refractivity contribution >= 4 is 28.2 Å². The predicted octanol–water partition coefficient (Wildman–Crippen LogP) is 6.75. The average Bonchev–Trinajstić information content (AvgIpc) is 3.39. The molecule has 3 unspecified atom stereocenters. The van der Waals surface area contributed by atoms with Crippen LogP contribution in [0.1, 0.15) is 69.2 Å². The second kappa shape index (κ2) is 9.60. The lowest BCUT2D eigenvalue weighted by Crippen LogP contribution is -2.49. The molecule has 5 heteroatoms. The molecular weight excluding hydrogens is 475 g/mol. The molecule has 6 rings (SSSR count). The van der Waals surface area contributed by atoms with Crippen molar-refractivity contribution in [3.05, 3.63) is 77.4 Å². The fraction of sp³-hybridized carbons (Fsp3) is 0.455. The van der Waals surface area contributed by atoms with Gasteiger partial charge in [-0.05, 0) is 59.1 Å². The van der Waals surface area contributed by atoms with Crippen LogP contribution in [0.4, 0.5) is 10.1 Å². The summed E-state index contributed by atoms with van der Waals surface area (Å²) in [7, 11) is 0. The van der Waals surface area contributed by atoms with Gasteiger partial charge in [-0.3, -0.25) is 14.5 Å². The summed E-state index contributed by atoms with van der Waals surface area (Å²) in [6.07, 6.45) is 2.51. The Kier molecular flexibility index (Phi) is 6.38. The van der Waals surface area contributed by atoms with E-state index in [1.807, 2.05) is 19.1 Å². The fourth-order valence-electron chi connectivity index (χ4n) is 6.90. The highest BCUT2D eigenvalue weighted by atomic mass is 19.1. The lowest BCUT2D eigenvalue weighted by atomic mass is 9.86. The smallest absolute Gasteiger partial charge is 0.270 e. The summed E-state index contributed by atoms with van der Waals surface area (Å²) in [5.74, 6) is -0.238. The molecule has 0 saturated carbocycles. The van der Waals surface area contributed by atoms with Gasteiger partial charge in [0, 0.05) is 37.2 Å². The zero-order chi connectivity index (χ0) is 26.6. The van der Waals surface area contributed by atoms with Crippen LogP contribution in [0.2, 0.25) is 0 Å². The number of amides is 1. The lowest BCUT2D eigenvalue weighted by molar-refractivity contribution is -0.135. The van der Waals surface area contributed by atoms with E-state index in [-0.39, 0.29) is 24.2 Å². The zero-order valence-electron chi connectivity index (χ0n) is 22.6. The van der Waals surface area contributed by atoms with E-state index < -0.39 is 11.6 Å². The summed E-state index contributed by atoms with van der Waals surface area (Å²) in [5.41, 5.74) is 1.53. The number of fused-ring (bicyclic) bond motifs is 1. The molecule has 198 valence electrons. The van der Waals surface area contributed by atoms with Crippen LogP contribution in [0.5, 0.6) is 0 Å². The Morgan fingerprint density at radius 2 is 1.71 bits per heavy atom. The van der Waals surface area contributed by atoms with Gasteiger partial charge in [0.2, 0.25) is 5.67 Å². The number of likely N-dealkylation sites (tertiary alicyclic amines) is 1. The summed E-state index contributed by atoms with van der Waals surface area (Å²) in [5, 5.41) is 2.69. The first-order valence-electron chi connectivity index (χ1n) is 14.2. The number of para-hydroxylation sites is 1. The highest BCUT2D eigenvalue weighted by Crippen LogP contribution is 2.48. The third-order valence-corrected chi connectivity index (χ3v) is 9.38. The molecule has 3 aliphatic rings. The molecule has 3 atom stereocenters. The minimum atomic E-state index is -2.27. The first-order chi connectivity index (χ1) is 18.3. The number of nitrogens with zero attached hydrogens (tertiary/aromatic N) is 2. The van der Waals surface area contributed by atoms with E-state index in [0.29, 0.717) is 29.6 Å². The minimum absolute atomic E-state index is 0.0678. The molecule has 0 radical (unpaired) electrons. The Balaban J connectivity index is 1.19. The topological polar surface area (TPSA) is 40.6 Å². The van der Waals surface area contributed by atoms with Gasteiger partial charge >= 0.3 is 0 Å². The average molecular weight is 513 g/mol. The number of carbonyl (C=O) groups excluding carboxylic acids is 2. The van der Waals surface area contributed by atoms with E-state index in [9.17, 15) is 9.59 Å². The first-order valence-corrected chi connectivity index (χ1v) is 14.2. The number of halogens is 1. The van der Waals surface area contributed by atoms with Crippen molar-refractivity contribution in [2.45, 2.75) is 70.6 Å². The Hall–Kier alpha value is -3.05. The summed E-state index contributed by atoms with van der Waals surface area (Å²) in [6, 6.07) is 20.6. The van der Waals surface area contributed by atoms with Gasteiger partial charge < -0.3 is 4.90 Å². The van der Waals surface area contributed by atoms with Crippen molar-refractivity contribution in [1.29, 1.82) is 0 Å². The lowest BCUT2D eigenvalue weighted by Gasteiger charge is -2.40. The quantitative estimate of drug-likeness (QED) is 0.351. The number of hydrogen-bond donors (Lipinski definition) is 0. The van der Waals surface area contributed by atoms with Crippen LogP contribution in [0.15, 0.2) is 60.7 Å². The van der Waals surface area contributed by atoms with E-state index >= 15 is 4.39 Å². The van der Waals surface area contributed by atoms with Crippen molar-refractivity contribution in [2.75, 3.05) is 18.0 Å². The van der Waals surface area contributed by atoms with Gasteiger partial charge in [-0.2, -0.15) is 0 Å². The van der Waals surface area contributed by atoms with Crippen LogP contribution in [-0.4, -0.2) is 35.7 Å². The number of rotatable bonds is 7. The number of piperidine rings is 1. The molecule has 0 spiro atoms. The molecule has 38 heavy (non-hydrogen) atoms. The molecule has 3 aromatic carbocycles. The SMILES string of the molecule is CC(C)C(C)CC(=O)CC1(F)C(=O)N(C2CCN(C3Cc4cccc5cccc3c45)CC2)c2ccccc21. The van der Waals surface area contributed by atoms with Gasteiger partial charge in [-0.25, -0.2) is 4.39 Å². The van der Waals surface area contributed by atoms with Gasteiger partial charge in [0.1, 0.15) is 5.78 Å². The van der Waals surface area contributed by atoms with E-state index in [1.54, 1.807) is 17.0 Å². The number of alkyl halides is 1. The number of Topliss-reactive ketones (excluding diaryl/α,β-unsaturated/α-hetero) is 1. The largest absolute Gasteiger partial charge is 0.306 e. The van der Waals surface area contributed by atoms with Gasteiger partial charge in [0.25, 0.3) is 5.91 Å². The van der Waals surface area contributed by atoms with Crippen LogP contribution in [-0.2, 0) is 21.7 Å². The minimum Gasteiger partial charge on any atom is -0.306 e. The van der Waals surface area contributed by atoms with Crippen molar-refractivity contribution in [3.8, 4) is 0 Å². The van der Waals surface area contributed by atoms with Crippen molar-refractivity contribution in [2.24, 2.45) is 11.8 Å². The fourth-order valence-corrected chi connectivity index (χ4v) is 6.90. The first kappa shape index (κ1) is 25.2. The van der Waals surface area contributed by atoms with E-state index in [2.05, 4.69) is 55.1 Å². The molecule has 2 heterocycles. The van der Waals surface area contributed by atoms with E-state index in [4.69, 9.17) is 0 Å². The Bertz CT molecular complexity index is 1390. The molecule has 3 aromatic rings. The summed E-state index contributed by atoms with van der Waals surface area (Å²) < 4.78 is 16.6. The molecule has 0 aromatic heterocycles. The number of anilines is 1. The molecular formula is C33H37FN2O2. The summed E-state index contributed by atoms with van der Waals surface area (Å²) in [6.45, 7) is 7.86. The maximum absolute atomic E-state index is 16.6. The van der Waals surface area contributed by atoms with Crippen LogP contribution >= 0.6 is 0 Å².